The summed E-state index contributed by atoms with van der Waals surface area (Å²) in [5.41, 5.74) is 1.72. The molecule has 1 aliphatic heterocycles. The third kappa shape index (κ3) is 1.72. The summed E-state index contributed by atoms with van der Waals surface area (Å²) >= 11 is 0. The van der Waals surface area contributed by atoms with E-state index in [9.17, 15) is 9.18 Å². The molecule has 18 heavy (non-hydrogen) atoms. The van der Waals surface area contributed by atoms with Gasteiger partial charge in [-0.1, -0.05) is 30.3 Å². The molecule has 0 fully saturated rings. The predicted molar refractivity (Wildman–Crippen MR) is 66.7 cm³/mol. The smallest absolute Gasteiger partial charge is 0.255 e. The first kappa shape index (κ1) is 10.8. The molecule has 0 aliphatic carbocycles. The molecule has 1 amide bonds. The number of hydrogen-bond acceptors (Lipinski definition) is 2. The summed E-state index contributed by atoms with van der Waals surface area (Å²) in [6.45, 7) is 0. The normalized spacial score (nSPS) is 17.6. The zero-order valence-electron chi connectivity index (χ0n) is 9.48. The van der Waals surface area contributed by atoms with Gasteiger partial charge in [0.1, 0.15) is 12.0 Å². The summed E-state index contributed by atoms with van der Waals surface area (Å²) in [6.07, 6.45) is -0.534. The molecule has 1 heterocycles. The van der Waals surface area contributed by atoms with Crippen LogP contribution in [0.3, 0.4) is 0 Å². The summed E-state index contributed by atoms with van der Waals surface area (Å²) in [4.78, 5) is 11.9. The molecule has 1 aliphatic rings. The van der Waals surface area contributed by atoms with Crippen molar-refractivity contribution >= 4 is 11.6 Å². The second-order valence-electron chi connectivity index (χ2n) is 4.12. The molecule has 0 radical (unpaired) electrons. The Bertz CT molecular complexity index is 612. The molecule has 4 heteroatoms. The van der Waals surface area contributed by atoms with Crippen molar-refractivity contribution in [2.75, 3.05) is 5.32 Å². The van der Waals surface area contributed by atoms with E-state index in [1.54, 1.807) is 30.3 Å². The number of hydrogen-bond donors (Lipinski definition) is 2. The van der Waals surface area contributed by atoms with E-state index >= 15 is 0 Å². The number of carbonyl (C=O) groups is 1. The lowest BCUT2D eigenvalue weighted by molar-refractivity contribution is 0.0935. The zero-order valence-corrected chi connectivity index (χ0v) is 9.48. The second kappa shape index (κ2) is 4.14. The highest BCUT2D eigenvalue weighted by atomic mass is 19.1. The van der Waals surface area contributed by atoms with Crippen molar-refractivity contribution in [2.24, 2.45) is 0 Å². The van der Waals surface area contributed by atoms with Crippen molar-refractivity contribution in [1.29, 1.82) is 0 Å². The van der Waals surface area contributed by atoms with Gasteiger partial charge in [-0.25, -0.2) is 4.39 Å². The van der Waals surface area contributed by atoms with E-state index in [4.69, 9.17) is 0 Å². The van der Waals surface area contributed by atoms with Crippen LogP contribution in [-0.2, 0) is 0 Å². The van der Waals surface area contributed by atoms with Gasteiger partial charge in [0, 0.05) is 11.3 Å². The molecule has 0 saturated carbocycles. The Morgan fingerprint density at radius 1 is 0.944 bits per heavy atom. The fourth-order valence-electron chi connectivity index (χ4n) is 2.07. The van der Waals surface area contributed by atoms with Crippen LogP contribution in [0.2, 0.25) is 0 Å². The van der Waals surface area contributed by atoms with Crippen molar-refractivity contribution in [3.63, 3.8) is 0 Å². The van der Waals surface area contributed by atoms with Crippen LogP contribution >= 0.6 is 0 Å². The standard InChI is InChI=1S/C14H11FN2O/c15-11-7-3-1-5-9(11)13-16-12-8-4-2-6-10(12)14(18)17-13/h1-8,13,16H,(H,17,18)/t13-/m0/s1. The Balaban J connectivity index is 2.00. The van der Waals surface area contributed by atoms with E-state index in [0.717, 1.165) is 5.69 Å². The molecular weight excluding hydrogens is 231 g/mol. The van der Waals surface area contributed by atoms with Gasteiger partial charge in [0.05, 0.1) is 5.56 Å². The molecule has 0 bridgehead atoms. The maximum absolute atomic E-state index is 13.7. The number of halogens is 1. The number of rotatable bonds is 1. The van der Waals surface area contributed by atoms with Crippen molar-refractivity contribution < 1.29 is 9.18 Å². The molecule has 0 unspecified atom stereocenters. The minimum atomic E-state index is -0.534. The number of carbonyl (C=O) groups excluding carboxylic acids is 1. The number of benzene rings is 2. The molecule has 3 rings (SSSR count). The van der Waals surface area contributed by atoms with E-state index in [0.29, 0.717) is 11.1 Å². The zero-order chi connectivity index (χ0) is 12.5. The van der Waals surface area contributed by atoms with Gasteiger partial charge in [-0.15, -0.1) is 0 Å². The number of fused-ring (bicyclic) bond motifs is 1. The van der Waals surface area contributed by atoms with Gasteiger partial charge >= 0.3 is 0 Å². The molecule has 0 saturated heterocycles. The van der Waals surface area contributed by atoms with E-state index in [-0.39, 0.29) is 11.7 Å². The largest absolute Gasteiger partial charge is 0.361 e. The third-order valence-electron chi connectivity index (χ3n) is 2.96. The van der Waals surface area contributed by atoms with Gasteiger partial charge in [-0.2, -0.15) is 0 Å². The Morgan fingerprint density at radius 3 is 2.50 bits per heavy atom. The average molecular weight is 242 g/mol. The Hall–Kier alpha value is -2.36. The van der Waals surface area contributed by atoms with Gasteiger partial charge < -0.3 is 10.6 Å². The van der Waals surface area contributed by atoms with Crippen LogP contribution in [0.15, 0.2) is 48.5 Å². The van der Waals surface area contributed by atoms with Crippen LogP contribution in [-0.4, -0.2) is 5.91 Å². The van der Waals surface area contributed by atoms with Crippen LogP contribution in [0.1, 0.15) is 22.1 Å². The Morgan fingerprint density at radius 2 is 1.67 bits per heavy atom. The minimum Gasteiger partial charge on any atom is -0.361 e. The molecule has 2 aromatic rings. The van der Waals surface area contributed by atoms with Gasteiger partial charge in [-0.3, -0.25) is 4.79 Å². The van der Waals surface area contributed by atoms with E-state index in [2.05, 4.69) is 10.6 Å². The van der Waals surface area contributed by atoms with Crippen LogP contribution in [0.4, 0.5) is 10.1 Å². The maximum Gasteiger partial charge on any atom is 0.255 e. The number of amides is 1. The highest BCUT2D eigenvalue weighted by Crippen LogP contribution is 2.27. The SMILES string of the molecule is O=C1N[C@@H](c2ccccc2F)Nc2ccccc21. The van der Waals surface area contributed by atoms with E-state index in [1.807, 2.05) is 12.1 Å². The Kier molecular flexibility index (Phi) is 2.48. The first-order valence-corrected chi connectivity index (χ1v) is 5.66. The van der Waals surface area contributed by atoms with Crippen molar-refractivity contribution in [3.8, 4) is 0 Å². The fraction of sp³-hybridized carbons (Fsp3) is 0.0714. The topological polar surface area (TPSA) is 41.1 Å². The molecule has 0 aromatic heterocycles. The highest BCUT2D eigenvalue weighted by molar-refractivity contribution is 6.01. The second-order valence-corrected chi connectivity index (χ2v) is 4.12. The van der Waals surface area contributed by atoms with Gasteiger partial charge in [0.15, 0.2) is 0 Å². The van der Waals surface area contributed by atoms with Crippen molar-refractivity contribution in [1.82, 2.24) is 5.32 Å². The fourth-order valence-corrected chi connectivity index (χ4v) is 2.07. The summed E-state index contributed by atoms with van der Waals surface area (Å²) < 4.78 is 13.7. The average Bonchev–Trinajstić information content (AvgIpc) is 2.39. The molecule has 2 N–H and O–H groups in total. The van der Waals surface area contributed by atoms with E-state index < -0.39 is 6.17 Å². The van der Waals surface area contributed by atoms with Gasteiger partial charge in [-0.05, 0) is 18.2 Å². The van der Waals surface area contributed by atoms with Crippen LogP contribution in [0.5, 0.6) is 0 Å². The monoisotopic (exact) mass is 242 g/mol. The quantitative estimate of drug-likeness (QED) is 0.807. The molecule has 3 nitrogen and oxygen atoms in total. The lowest BCUT2D eigenvalue weighted by Gasteiger charge is -2.28. The molecular formula is C14H11FN2O. The summed E-state index contributed by atoms with van der Waals surface area (Å²) in [5.74, 6) is -0.535. The molecule has 1 atom stereocenters. The van der Waals surface area contributed by atoms with Crippen LogP contribution < -0.4 is 10.6 Å². The lowest BCUT2D eigenvalue weighted by Crippen LogP contribution is -2.38. The predicted octanol–water partition coefficient (Wildman–Crippen LogP) is 2.68. The first-order valence-electron chi connectivity index (χ1n) is 5.66. The van der Waals surface area contributed by atoms with Crippen molar-refractivity contribution in [2.45, 2.75) is 6.17 Å². The highest BCUT2D eigenvalue weighted by Gasteiger charge is 2.25. The van der Waals surface area contributed by atoms with Gasteiger partial charge in [0.25, 0.3) is 5.91 Å². The summed E-state index contributed by atoms with van der Waals surface area (Å²) in [5, 5.41) is 5.85. The van der Waals surface area contributed by atoms with Crippen LogP contribution in [0.25, 0.3) is 0 Å². The van der Waals surface area contributed by atoms with Crippen molar-refractivity contribution in [3.05, 3.63) is 65.5 Å². The van der Waals surface area contributed by atoms with Crippen LogP contribution in [0, 0.1) is 5.82 Å². The van der Waals surface area contributed by atoms with E-state index in [1.165, 1.54) is 6.07 Å². The third-order valence-corrected chi connectivity index (χ3v) is 2.96. The lowest BCUT2D eigenvalue weighted by atomic mass is 10.1. The molecule has 0 spiro atoms. The van der Waals surface area contributed by atoms with Gasteiger partial charge in [0.2, 0.25) is 0 Å². The minimum absolute atomic E-state index is 0.197. The number of nitrogens with one attached hydrogen (secondary N) is 2. The molecule has 90 valence electrons. The molecule has 2 aromatic carbocycles. The summed E-state index contributed by atoms with van der Waals surface area (Å²) in [7, 11) is 0. The number of anilines is 1. The first-order chi connectivity index (χ1) is 8.75. The maximum atomic E-state index is 13.7. The number of para-hydroxylation sites is 1. The Labute approximate surface area is 104 Å². The summed E-state index contributed by atoms with van der Waals surface area (Å²) in [6, 6.07) is 13.6.